The Balaban J connectivity index is 1.97. The number of ether oxygens (including phenoxy) is 2. The van der Waals surface area contributed by atoms with Crippen LogP contribution < -0.4 is 0 Å². The van der Waals surface area contributed by atoms with E-state index in [0.717, 1.165) is 16.3 Å². The standard InChI is InChI=1S/C26H34NO7P/c1-26(2,3)34-25(29)27-22(24(28)31-4)17-20(23(27)35(30,32-5)33-6)15-10-14-19-13-9-12-18-11-7-8-16-21(18)19/h7-14,16,20,22-23H,15,17H2,1-6H3/b14-10+/t20-,22+,23-/m1/s1. The molecule has 1 fully saturated rings. The van der Waals surface area contributed by atoms with Crippen LogP contribution in [0.3, 0.4) is 0 Å². The van der Waals surface area contributed by atoms with Crippen LogP contribution in [-0.4, -0.2) is 55.7 Å². The Morgan fingerprint density at radius 3 is 2.34 bits per heavy atom. The van der Waals surface area contributed by atoms with Gasteiger partial charge < -0.3 is 18.5 Å². The van der Waals surface area contributed by atoms with Gasteiger partial charge >= 0.3 is 19.7 Å². The van der Waals surface area contributed by atoms with Crippen molar-refractivity contribution in [1.29, 1.82) is 0 Å². The third-order valence-corrected chi connectivity index (χ3v) is 8.37. The maximum absolute atomic E-state index is 13.6. The molecule has 0 N–H and O–H groups in total. The van der Waals surface area contributed by atoms with E-state index in [-0.39, 0.29) is 6.42 Å². The number of likely N-dealkylation sites (tertiary alicyclic amines) is 1. The fraction of sp³-hybridized carbons (Fsp3) is 0.462. The van der Waals surface area contributed by atoms with Crippen LogP contribution in [0.5, 0.6) is 0 Å². The highest BCUT2D eigenvalue weighted by atomic mass is 31.2. The molecule has 2 aromatic carbocycles. The van der Waals surface area contributed by atoms with E-state index in [2.05, 4.69) is 6.07 Å². The van der Waals surface area contributed by atoms with E-state index in [0.29, 0.717) is 6.42 Å². The molecule has 0 saturated carbocycles. The minimum atomic E-state index is -3.82. The monoisotopic (exact) mass is 503 g/mol. The van der Waals surface area contributed by atoms with Crippen molar-refractivity contribution < 1.29 is 32.7 Å². The second kappa shape index (κ2) is 10.9. The first-order valence-corrected chi connectivity index (χ1v) is 13.1. The normalized spacial score (nSPS) is 21.0. The molecule has 0 aromatic heterocycles. The molecule has 9 heteroatoms. The number of allylic oxidation sites excluding steroid dienone is 1. The molecular weight excluding hydrogens is 469 g/mol. The van der Waals surface area contributed by atoms with Crippen LogP contribution in [0.2, 0.25) is 0 Å². The van der Waals surface area contributed by atoms with Crippen molar-refractivity contribution in [3.8, 4) is 0 Å². The van der Waals surface area contributed by atoms with Gasteiger partial charge in [-0.15, -0.1) is 0 Å². The lowest BCUT2D eigenvalue weighted by Crippen LogP contribution is -2.48. The summed E-state index contributed by atoms with van der Waals surface area (Å²) in [6.07, 6.45) is 3.84. The predicted molar refractivity (Wildman–Crippen MR) is 135 cm³/mol. The summed E-state index contributed by atoms with van der Waals surface area (Å²) in [4.78, 5) is 27.1. The first-order valence-electron chi connectivity index (χ1n) is 11.5. The van der Waals surface area contributed by atoms with Crippen LogP contribution in [0.1, 0.15) is 39.2 Å². The Morgan fingerprint density at radius 1 is 1.06 bits per heavy atom. The van der Waals surface area contributed by atoms with Gasteiger partial charge in [0.05, 0.1) is 7.11 Å². The Labute approximate surface area is 206 Å². The number of rotatable bonds is 7. The number of fused-ring (bicyclic) bond motifs is 1. The minimum absolute atomic E-state index is 0.229. The van der Waals surface area contributed by atoms with E-state index in [1.807, 2.05) is 48.6 Å². The van der Waals surface area contributed by atoms with Crippen molar-refractivity contribution >= 4 is 36.5 Å². The smallest absolute Gasteiger partial charge is 0.411 e. The summed E-state index contributed by atoms with van der Waals surface area (Å²) in [5.74, 6) is -2.03. The Hall–Kier alpha value is -2.67. The molecule has 0 bridgehead atoms. The minimum Gasteiger partial charge on any atom is -0.467 e. The molecule has 1 saturated heterocycles. The average Bonchev–Trinajstić information content (AvgIpc) is 3.22. The van der Waals surface area contributed by atoms with Crippen LogP contribution in [-0.2, 0) is 27.9 Å². The highest BCUT2D eigenvalue weighted by Crippen LogP contribution is 2.60. The second-order valence-electron chi connectivity index (χ2n) is 9.45. The Bertz CT molecular complexity index is 1130. The first kappa shape index (κ1) is 26.9. The van der Waals surface area contributed by atoms with E-state index in [1.54, 1.807) is 20.8 Å². The topological polar surface area (TPSA) is 91.4 Å². The SMILES string of the molecule is COC(=O)[C@@H]1C[C@@H](C/C=C/c2cccc3ccccc23)[C@@H](P(=O)(OC)OC)N1C(=O)OC(C)(C)C. The molecule has 1 heterocycles. The molecule has 35 heavy (non-hydrogen) atoms. The van der Waals surface area contributed by atoms with Crippen molar-refractivity contribution in [2.45, 2.75) is 51.0 Å². The largest absolute Gasteiger partial charge is 0.467 e. The first-order chi connectivity index (χ1) is 16.5. The number of nitrogens with zero attached hydrogens (tertiary/aromatic N) is 1. The zero-order valence-corrected chi connectivity index (χ0v) is 22.0. The van der Waals surface area contributed by atoms with Gasteiger partial charge in [0.2, 0.25) is 0 Å². The number of hydrogen-bond acceptors (Lipinski definition) is 7. The van der Waals surface area contributed by atoms with Crippen molar-refractivity contribution in [2.75, 3.05) is 21.3 Å². The molecule has 0 unspecified atom stereocenters. The van der Waals surface area contributed by atoms with Gasteiger partial charge in [-0.1, -0.05) is 54.6 Å². The molecule has 2 aromatic rings. The van der Waals surface area contributed by atoms with Crippen LogP contribution >= 0.6 is 7.60 Å². The predicted octanol–water partition coefficient (Wildman–Crippen LogP) is 5.85. The number of benzene rings is 2. The fourth-order valence-electron chi connectivity index (χ4n) is 4.51. The molecule has 190 valence electrons. The number of methoxy groups -OCH3 is 1. The summed E-state index contributed by atoms with van der Waals surface area (Å²) in [6.45, 7) is 5.17. The lowest BCUT2D eigenvalue weighted by molar-refractivity contribution is -0.145. The van der Waals surface area contributed by atoms with Gasteiger partial charge in [0.15, 0.2) is 0 Å². The number of hydrogen-bond donors (Lipinski definition) is 0. The quantitative estimate of drug-likeness (QED) is 0.346. The van der Waals surface area contributed by atoms with E-state index < -0.39 is 43.0 Å². The summed E-state index contributed by atoms with van der Waals surface area (Å²) in [7, 11) is -0.0216. The zero-order valence-electron chi connectivity index (χ0n) is 21.1. The van der Waals surface area contributed by atoms with Crippen LogP contribution in [0, 0.1) is 5.92 Å². The molecule has 1 aliphatic heterocycles. The van der Waals surface area contributed by atoms with Crippen LogP contribution in [0.4, 0.5) is 4.79 Å². The maximum Gasteiger partial charge on any atom is 0.411 e. The third kappa shape index (κ3) is 5.95. The Kier molecular flexibility index (Phi) is 8.42. The molecule has 3 rings (SSSR count). The number of carbonyl (C=O) groups is 2. The van der Waals surface area contributed by atoms with Gasteiger partial charge in [-0.2, -0.15) is 0 Å². The lowest BCUT2D eigenvalue weighted by atomic mass is 9.99. The van der Waals surface area contributed by atoms with Gasteiger partial charge in [-0.05, 0) is 55.9 Å². The molecule has 3 atom stereocenters. The highest BCUT2D eigenvalue weighted by Gasteiger charge is 2.57. The summed E-state index contributed by atoms with van der Waals surface area (Å²) in [5.41, 5.74) is 0.214. The summed E-state index contributed by atoms with van der Waals surface area (Å²) < 4.78 is 34.8. The van der Waals surface area contributed by atoms with Crippen LogP contribution in [0.15, 0.2) is 48.5 Å². The van der Waals surface area contributed by atoms with E-state index >= 15 is 0 Å². The summed E-state index contributed by atoms with van der Waals surface area (Å²) >= 11 is 0. The van der Waals surface area contributed by atoms with Crippen molar-refractivity contribution in [2.24, 2.45) is 5.92 Å². The highest BCUT2D eigenvalue weighted by molar-refractivity contribution is 7.54. The summed E-state index contributed by atoms with van der Waals surface area (Å²) in [5, 5.41) is 2.23. The van der Waals surface area contributed by atoms with E-state index in [4.69, 9.17) is 18.5 Å². The van der Waals surface area contributed by atoms with Crippen LogP contribution in [0.25, 0.3) is 16.8 Å². The molecule has 0 aliphatic carbocycles. The molecular formula is C26H34NO7P. The molecule has 1 aliphatic rings. The molecule has 0 radical (unpaired) electrons. The van der Waals surface area contributed by atoms with Gasteiger partial charge in [0, 0.05) is 14.2 Å². The van der Waals surface area contributed by atoms with E-state index in [9.17, 15) is 14.2 Å². The lowest BCUT2D eigenvalue weighted by Gasteiger charge is -2.34. The third-order valence-electron chi connectivity index (χ3n) is 6.04. The van der Waals surface area contributed by atoms with Gasteiger partial charge in [-0.3, -0.25) is 9.46 Å². The summed E-state index contributed by atoms with van der Waals surface area (Å²) in [6, 6.07) is 13.2. The van der Waals surface area contributed by atoms with Crippen molar-refractivity contribution in [1.82, 2.24) is 4.90 Å². The molecule has 1 amide bonds. The maximum atomic E-state index is 13.6. The average molecular weight is 504 g/mol. The fourth-order valence-corrected chi connectivity index (χ4v) is 6.41. The van der Waals surface area contributed by atoms with Crippen molar-refractivity contribution in [3.63, 3.8) is 0 Å². The zero-order chi connectivity index (χ0) is 25.8. The van der Waals surface area contributed by atoms with Gasteiger partial charge in [0.25, 0.3) is 0 Å². The van der Waals surface area contributed by atoms with Crippen molar-refractivity contribution in [3.05, 3.63) is 54.1 Å². The second-order valence-corrected chi connectivity index (χ2v) is 11.8. The number of amides is 1. The molecule has 8 nitrogen and oxygen atoms in total. The van der Waals surface area contributed by atoms with E-state index in [1.165, 1.54) is 26.2 Å². The van der Waals surface area contributed by atoms with Gasteiger partial charge in [-0.25, -0.2) is 9.59 Å². The van der Waals surface area contributed by atoms with Gasteiger partial charge in [0.1, 0.15) is 17.4 Å². The molecule has 0 spiro atoms. The number of esters is 1. The Morgan fingerprint density at radius 2 is 1.71 bits per heavy atom. The number of carbonyl (C=O) groups excluding carboxylic acids is 2.